The normalized spacial score (nSPS) is 13.8. The van der Waals surface area contributed by atoms with Gasteiger partial charge in [0.15, 0.2) is 5.82 Å². The monoisotopic (exact) mass is 657 g/mol. The van der Waals surface area contributed by atoms with Gasteiger partial charge in [-0.1, -0.05) is 13.0 Å². The smallest absolute Gasteiger partial charge is 0.418 e. The van der Waals surface area contributed by atoms with Crippen LogP contribution in [0.3, 0.4) is 0 Å². The van der Waals surface area contributed by atoms with Gasteiger partial charge in [0.2, 0.25) is 11.8 Å². The van der Waals surface area contributed by atoms with Gasteiger partial charge in [0.1, 0.15) is 11.3 Å². The highest BCUT2D eigenvalue weighted by Gasteiger charge is 2.36. The van der Waals surface area contributed by atoms with Crippen molar-refractivity contribution in [3.63, 3.8) is 0 Å². The number of benzene rings is 2. The van der Waals surface area contributed by atoms with Crippen LogP contribution in [0.15, 0.2) is 73.2 Å². The molecule has 0 atom stereocenters. The molecule has 0 radical (unpaired) electrons. The summed E-state index contributed by atoms with van der Waals surface area (Å²) in [5.74, 6) is 0.400. The molecular weight excluding hydrogens is 623 g/mol. The van der Waals surface area contributed by atoms with Crippen LogP contribution in [0, 0.1) is 6.92 Å². The first-order valence-electron chi connectivity index (χ1n) is 15.6. The Bertz CT molecular complexity index is 1970. The first-order chi connectivity index (χ1) is 23.0. The topological polar surface area (TPSA) is 114 Å². The number of anilines is 2. The van der Waals surface area contributed by atoms with Crippen molar-refractivity contribution in [2.75, 3.05) is 23.3 Å². The molecule has 6 rings (SSSR count). The molecular formula is C35H34F3N7O3. The molecule has 1 fully saturated rings. The zero-order valence-corrected chi connectivity index (χ0v) is 26.6. The molecule has 0 unspecified atom stereocenters. The molecule has 4 heterocycles. The zero-order chi connectivity index (χ0) is 34.0. The van der Waals surface area contributed by atoms with E-state index in [1.807, 2.05) is 30.8 Å². The Balaban J connectivity index is 1.23. The molecule has 13 heteroatoms. The van der Waals surface area contributed by atoms with Crippen LogP contribution in [0.2, 0.25) is 0 Å². The van der Waals surface area contributed by atoms with E-state index in [1.165, 1.54) is 18.2 Å². The number of hydrogen-bond donors (Lipinski definition) is 2. The second-order valence-electron chi connectivity index (χ2n) is 11.7. The van der Waals surface area contributed by atoms with Crippen molar-refractivity contribution in [1.29, 1.82) is 0 Å². The van der Waals surface area contributed by atoms with Crippen LogP contribution in [0.5, 0.6) is 11.6 Å². The van der Waals surface area contributed by atoms with E-state index in [0.717, 1.165) is 17.2 Å². The molecule has 1 aliphatic heterocycles. The molecule has 3 aromatic heterocycles. The van der Waals surface area contributed by atoms with Crippen molar-refractivity contribution in [1.82, 2.24) is 24.8 Å². The lowest BCUT2D eigenvalue weighted by Gasteiger charge is -2.35. The summed E-state index contributed by atoms with van der Waals surface area (Å²) in [5, 5.41) is 5.53. The van der Waals surface area contributed by atoms with E-state index in [2.05, 4.69) is 25.6 Å². The Morgan fingerprint density at radius 1 is 1.00 bits per heavy atom. The van der Waals surface area contributed by atoms with Crippen LogP contribution in [0.4, 0.5) is 24.5 Å². The first kappa shape index (κ1) is 32.5. The van der Waals surface area contributed by atoms with Gasteiger partial charge in [-0.05, 0) is 73.9 Å². The largest absolute Gasteiger partial charge is 0.437 e. The number of nitrogens with one attached hydrogen (secondary N) is 2. The van der Waals surface area contributed by atoms with E-state index in [0.29, 0.717) is 55.0 Å². The van der Waals surface area contributed by atoms with Gasteiger partial charge in [-0.15, -0.1) is 0 Å². The number of rotatable bonds is 8. The van der Waals surface area contributed by atoms with Crippen LogP contribution in [0.1, 0.15) is 47.7 Å². The fourth-order valence-corrected chi connectivity index (χ4v) is 5.73. The number of carbonyl (C=O) groups excluding carboxylic acids is 2. The number of pyridine rings is 1. The number of nitrogens with zero attached hydrogens (tertiary/aromatic N) is 5. The molecule has 0 bridgehead atoms. The number of alkyl halides is 3. The third-order valence-electron chi connectivity index (χ3n) is 8.36. The lowest BCUT2D eigenvalue weighted by molar-refractivity contribution is -0.137. The number of halogens is 3. The van der Waals surface area contributed by atoms with Gasteiger partial charge in [0.05, 0.1) is 11.1 Å². The maximum atomic E-state index is 14.3. The molecule has 0 aliphatic carbocycles. The van der Waals surface area contributed by atoms with E-state index in [-0.39, 0.29) is 34.8 Å². The lowest BCUT2D eigenvalue weighted by Crippen LogP contribution is -2.45. The van der Waals surface area contributed by atoms with E-state index in [9.17, 15) is 22.8 Å². The summed E-state index contributed by atoms with van der Waals surface area (Å²) in [4.78, 5) is 40.2. The summed E-state index contributed by atoms with van der Waals surface area (Å²) in [6.07, 6.45) is 1.91. The average molecular weight is 658 g/mol. The average Bonchev–Trinajstić information content (AvgIpc) is 3.46. The van der Waals surface area contributed by atoms with E-state index < -0.39 is 17.6 Å². The molecule has 0 spiro atoms. The molecule has 2 N–H and O–H groups in total. The van der Waals surface area contributed by atoms with Gasteiger partial charge in [0, 0.05) is 73.7 Å². The summed E-state index contributed by atoms with van der Waals surface area (Å²) in [6.45, 7) is 4.30. The predicted molar refractivity (Wildman–Crippen MR) is 176 cm³/mol. The molecule has 1 saturated heterocycles. The molecule has 10 nitrogen and oxygen atoms in total. The highest BCUT2D eigenvalue weighted by Crippen LogP contribution is 2.39. The Morgan fingerprint density at radius 3 is 2.46 bits per heavy atom. The minimum atomic E-state index is -4.65. The Morgan fingerprint density at radius 2 is 1.75 bits per heavy atom. The van der Waals surface area contributed by atoms with Crippen LogP contribution >= 0.6 is 0 Å². The Labute approximate surface area is 275 Å². The SMILES string of the molecule is CCC(=O)NC1CCN(c2ccc(NC(=O)c3ccc(C)c(Oc4nc(-c5ccncc5)nc5ccn(C)c45)c3)cc2C(F)(F)F)CC1. The van der Waals surface area contributed by atoms with Crippen molar-refractivity contribution < 1.29 is 27.5 Å². The highest BCUT2D eigenvalue weighted by molar-refractivity contribution is 6.04. The third kappa shape index (κ3) is 6.94. The molecule has 2 aromatic carbocycles. The molecule has 0 saturated carbocycles. The number of ether oxygens (including phenoxy) is 1. The standard InChI is InChI=1S/C35H34F3N7O3/c1-4-30(46)40-24-11-17-45(18-12-24)28-8-7-25(20-26(28)35(36,37)38)41-33(47)23-6-5-21(2)29(19-23)48-34-31-27(13-16-44(31)3)42-32(43-34)22-9-14-39-15-10-22/h5-10,13-16,19-20,24H,4,11-12,17-18H2,1-3H3,(H,40,46)(H,41,47). The fraction of sp³-hybridized carbons (Fsp3) is 0.286. The minimum absolute atomic E-state index is 0.00697. The number of piperidine rings is 1. The molecule has 48 heavy (non-hydrogen) atoms. The number of fused-ring (bicyclic) bond motifs is 1. The van der Waals surface area contributed by atoms with Gasteiger partial charge < -0.3 is 24.8 Å². The van der Waals surface area contributed by atoms with Crippen LogP contribution < -0.4 is 20.3 Å². The van der Waals surface area contributed by atoms with Crippen LogP contribution in [-0.2, 0) is 18.0 Å². The second kappa shape index (κ2) is 13.3. The van der Waals surface area contributed by atoms with Gasteiger partial charge >= 0.3 is 6.18 Å². The van der Waals surface area contributed by atoms with Crippen molar-refractivity contribution in [2.24, 2.45) is 7.05 Å². The summed E-state index contributed by atoms with van der Waals surface area (Å²) >= 11 is 0. The lowest BCUT2D eigenvalue weighted by atomic mass is 10.0. The fourth-order valence-electron chi connectivity index (χ4n) is 5.73. The number of aromatic nitrogens is 4. The third-order valence-corrected chi connectivity index (χ3v) is 8.36. The first-order valence-corrected chi connectivity index (χ1v) is 15.6. The van der Waals surface area contributed by atoms with Gasteiger partial charge in [-0.2, -0.15) is 18.2 Å². The van der Waals surface area contributed by atoms with Crippen molar-refractivity contribution in [3.8, 4) is 23.0 Å². The van der Waals surface area contributed by atoms with E-state index in [1.54, 1.807) is 48.5 Å². The summed E-state index contributed by atoms with van der Waals surface area (Å²) in [7, 11) is 1.84. The summed E-state index contributed by atoms with van der Waals surface area (Å²) in [6, 6.07) is 14.0. The number of carbonyl (C=O) groups is 2. The molecule has 5 aromatic rings. The van der Waals surface area contributed by atoms with Gasteiger partial charge in [0.25, 0.3) is 5.91 Å². The molecule has 1 aliphatic rings. The number of hydrogen-bond acceptors (Lipinski definition) is 7. The summed E-state index contributed by atoms with van der Waals surface area (Å²) < 4.78 is 50.9. The zero-order valence-electron chi connectivity index (χ0n) is 26.6. The van der Waals surface area contributed by atoms with Crippen molar-refractivity contribution >= 4 is 34.2 Å². The maximum absolute atomic E-state index is 14.3. The van der Waals surface area contributed by atoms with Gasteiger partial charge in [-0.25, -0.2) is 4.98 Å². The second-order valence-corrected chi connectivity index (χ2v) is 11.7. The van der Waals surface area contributed by atoms with Crippen molar-refractivity contribution in [3.05, 3.63) is 89.9 Å². The van der Waals surface area contributed by atoms with E-state index in [4.69, 9.17) is 4.74 Å². The summed E-state index contributed by atoms with van der Waals surface area (Å²) in [5.41, 5.74) is 2.18. The molecule has 2 amide bonds. The Kier molecular flexibility index (Phi) is 9.03. The number of amides is 2. The van der Waals surface area contributed by atoms with E-state index >= 15 is 0 Å². The molecule has 248 valence electrons. The maximum Gasteiger partial charge on any atom is 0.418 e. The highest BCUT2D eigenvalue weighted by atomic mass is 19.4. The quantitative estimate of drug-likeness (QED) is 0.187. The number of aryl methyl sites for hydroxylation is 2. The van der Waals surface area contributed by atoms with Crippen molar-refractivity contribution in [2.45, 2.75) is 45.3 Å². The van der Waals surface area contributed by atoms with Crippen LogP contribution in [0.25, 0.3) is 22.4 Å². The predicted octanol–water partition coefficient (Wildman–Crippen LogP) is 6.90. The van der Waals surface area contributed by atoms with Crippen LogP contribution in [-0.4, -0.2) is 50.5 Å². The van der Waals surface area contributed by atoms with Gasteiger partial charge in [-0.3, -0.25) is 14.6 Å². The minimum Gasteiger partial charge on any atom is -0.437 e. The Hall–Kier alpha value is -5.46.